The number of thioether (sulfide) groups is 1. The standard InChI is InChI=1S/C22H27FN6OS/c1-2-13-31-22-26-20(28-10-3-4-11-28)18-15-25-29(21(18)27-22)12-9-24-19(30)14-16-5-7-17(23)8-6-16/h5-8,15H,2-4,9-14H2,1H3,(H,24,30). The Morgan fingerprint density at radius 1 is 1.19 bits per heavy atom. The zero-order chi connectivity index (χ0) is 21.6. The van der Waals surface area contributed by atoms with Gasteiger partial charge in [-0.15, -0.1) is 0 Å². The molecule has 0 unspecified atom stereocenters. The summed E-state index contributed by atoms with van der Waals surface area (Å²) in [5.74, 6) is 1.53. The minimum atomic E-state index is -0.304. The average Bonchev–Trinajstić information content (AvgIpc) is 3.44. The van der Waals surface area contributed by atoms with E-state index in [2.05, 4.69) is 22.2 Å². The molecule has 7 nitrogen and oxygen atoms in total. The Labute approximate surface area is 185 Å². The molecule has 0 radical (unpaired) electrons. The molecule has 1 aliphatic heterocycles. The van der Waals surface area contributed by atoms with Crippen LogP contribution >= 0.6 is 11.8 Å². The number of carbonyl (C=O) groups excluding carboxylic acids is 1. The van der Waals surface area contributed by atoms with Gasteiger partial charge in [-0.1, -0.05) is 30.8 Å². The van der Waals surface area contributed by atoms with Gasteiger partial charge in [0.05, 0.1) is 24.5 Å². The van der Waals surface area contributed by atoms with Crippen LogP contribution in [-0.4, -0.2) is 51.0 Å². The first-order chi connectivity index (χ1) is 15.1. The smallest absolute Gasteiger partial charge is 0.224 e. The largest absolute Gasteiger partial charge is 0.356 e. The van der Waals surface area contributed by atoms with Crippen LogP contribution < -0.4 is 10.2 Å². The summed E-state index contributed by atoms with van der Waals surface area (Å²) in [5.41, 5.74) is 1.59. The first-order valence-electron chi connectivity index (χ1n) is 10.8. The molecule has 3 aromatic rings. The lowest BCUT2D eigenvalue weighted by atomic mass is 10.1. The maximum atomic E-state index is 13.0. The summed E-state index contributed by atoms with van der Waals surface area (Å²) in [6, 6.07) is 5.99. The lowest BCUT2D eigenvalue weighted by molar-refractivity contribution is -0.120. The van der Waals surface area contributed by atoms with Gasteiger partial charge in [-0.25, -0.2) is 19.0 Å². The number of rotatable bonds is 9. The molecule has 1 aliphatic rings. The maximum Gasteiger partial charge on any atom is 0.224 e. The topological polar surface area (TPSA) is 75.9 Å². The Bertz CT molecular complexity index is 1030. The predicted octanol–water partition coefficient (Wildman–Crippen LogP) is 3.43. The van der Waals surface area contributed by atoms with Crippen LogP contribution in [-0.2, 0) is 17.8 Å². The van der Waals surface area contributed by atoms with E-state index >= 15 is 0 Å². The minimum absolute atomic E-state index is 0.102. The first kappa shape index (κ1) is 21.5. The highest BCUT2D eigenvalue weighted by Gasteiger charge is 2.20. The number of halogens is 1. The molecular weight excluding hydrogens is 415 g/mol. The van der Waals surface area contributed by atoms with Gasteiger partial charge in [0, 0.05) is 25.4 Å². The molecule has 0 bridgehead atoms. The Kier molecular flexibility index (Phi) is 7.01. The van der Waals surface area contributed by atoms with Gasteiger partial charge in [0.25, 0.3) is 0 Å². The van der Waals surface area contributed by atoms with Crippen molar-refractivity contribution in [1.82, 2.24) is 25.1 Å². The van der Waals surface area contributed by atoms with Gasteiger partial charge in [-0.05, 0) is 37.0 Å². The number of carbonyl (C=O) groups is 1. The van der Waals surface area contributed by atoms with Crippen molar-refractivity contribution in [2.45, 2.75) is 44.3 Å². The zero-order valence-electron chi connectivity index (χ0n) is 17.7. The predicted molar refractivity (Wildman–Crippen MR) is 121 cm³/mol. The van der Waals surface area contributed by atoms with E-state index < -0.39 is 0 Å². The zero-order valence-corrected chi connectivity index (χ0v) is 18.5. The number of benzene rings is 1. The van der Waals surface area contributed by atoms with Crippen molar-refractivity contribution >= 4 is 34.5 Å². The highest BCUT2D eigenvalue weighted by atomic mass is 32.2. The fourth-order valence-corrected chi connectivity index (χ4v) is 4.35. The van der Waals surface area contributed by atoms with Crippen molar-refractivity contribution in [1.29, 1.82) is 0 Å². The Morgan fingerprint density at radius 2 is 1.97 bits per heavy atom. The normalized spacial score (nSPS) is 13.8. The average molecular weight is 443 g/mol. The second-order valence-corrected chi connectivity index (χ2v) is 8.69. The molecule has 9 heteroatoms. The van der Waals surface area contributed by atoms with Gasteiger partial charge >= 0.3 is 0 Å². The molecule has 1 saturated heterocycles. The van der Waals surface area contributed by atoms with Crippen LogP contribution in [0.15, 0.2) is 35.6 Å². The summed E-state index contributed by atoms with van der Waals surface area (Å²) >= 11 is 1.66. The molecule has 1 aromatic carbocycles. The van der Waals surface area contributed by atoms with Crippen LogP contribution in [0.1, 0.15) is 31.7 Å². The Balaban J connectivity index is 1.45. The molecule has 164 valence electrons. The summed E-state index contributed by atoms with van der Waals surface area (Å²) in [7, 11) is 0. The highest BCUT2D eigenvalue weighted by Crippen LogP contribution is 2.29. The number of hydrogen-bond acceptors (Lipinski definition) is 6. The lowest BCUT2D eigenvalue weighted by Gasteiger charge is -2.18. The third-order valence-electron chi connectivity index (χ3n) is 5.22. The second-order valence-electron chi connectivity index (χ2n) is 7.63. The fourth-order valence-electron chi connectivity index (χ4n) is 3.66. The van der Waals surface area contributed by atoms with Crippen LogP contribution in [0, 0.1) is 5.82 Å². The van der Waals surface area contributed by atoms with Crippen molar-refractivity contribution in [2.24, 2.45) is 0 Å². The maximum absolute atomic E-state index is 13.0. The quantitative estimate of drug-likeness (QED) is 0.404. The van der Waals surface area contributed by atoms with E-state index in [1.54, 1.807) is 23.9 Å². The van der Waals surface area contributed by atoms with Crippen LogP contribution in [0.2, 0.25) is 0 Å². The number of fused-ring (bicyclic) bond motifs is 1. The Morgan fingerprint density at radius 3 is 2.71 bits per heavy atom. The third-order valence-corrected chi connectivity index (χ3v) is 6.27. The Hall–Kier alpha value is -2.68. The molecule has 1 fully saturated rings. The van der Waals surface area contributed by atoms with E-state index in [1.807, 2.05) is 10.9 Å². The molecule has 0 aliphatic carbocycles. The summed E-state index contributed by atoms with van der Waals surface area (Å²) in [6.07, 6.45) is 5.47. The number of nitrogens with one attached hydrogen (secondary N) is 1. The molecule has 1 amide bonds. The summed E-state index contributed by atoms with van der Waals surface area (Å²) in [5, 5.41) is 9.17. The molecular formula is C22H27FN6OS. The fraction of sp³-hybridized carbons (Fsp3) is 0.455. The van der Waals surface area contributed by atoms with E-state index in [0.29, 0.717) is 13.1 Å². The van der Waals surface area contributed by atoms with Crippen LogP contribution in [0.5, 0.6) is 0 Å². The van der Waals surface area contributed by atoms with E-state index in [9.17, 15) is 9.18 Å². The molecule has 0 saturated carbocycles. The van der Waals surface area contributed by atoms with Crippen LogP contribution in [0.25, 0.3) is 11.0 Å². The first-order valence-corrected chi connectivity index (χ1v) is 11.7. The number of amides is 1. The van der Waals surface area contributed by atoms with Gasteiger partial charge in [0.2, 0.25) is 5.91 Å². The van der Waals surface area contributed by atoms with Crippen LogP contribution in [0.3, 0.4) is 0 Å². The van der Waals surface area contributed by atoms with Crippen molar-refractivity contribution in [3.05, 3.63) is 41.8 Å². The second kappa shape index (κ2) is 10.1. The van der Waals surface area contributed by atoms with Gasteiger partial charge in [0.1, 0.15) is 11.6 Å². The molecule has 1 N–H and O–H groups in total. The molecule has 0 atom stereocenters. The van der Waals surface area contributed by atoms with E-state index in [1.165, 1.54) is 25.0 Å². The van der Waals surface area contributed by atoms with Crippen molar-refractivity contribution in [3.8, 4) is 0 Å². The molecule has 2 aromatic heterocycles. The third kappa shape index (κ3) is 5.33. The van der Waals surface area contributed by atoms with Crippen molar-refractivity contribution < 1.29 is 9.18 Å². The summed E-state index contributed by atoms with van der Waals surface area (Å²) in [4.78, 5) is 24.1. The van der Waals surface area contributed by atoms with E-state index in [0.717, 1.165) is 52.8 Å². The van der Waals surface area contributed by atoms with E-state index in [-0.39, 0.29) is 18.1 Å². The summed E-state index contributed by atoms with van der Waals surface area (Å²) < 4.78 is 14.8. The van der Waals surface area contributed by atoms with Gasteiger partial charge in [0.15, 0.2) is 10.8 Å². The van der Waals surface area contributed by atoms with Crippen molar-refractivity contribution in [3.63, 3.8) is 0 Å². The highest BCUT2D eigenvalue weighted by molar-refractivity contribution is 7.99. The number of anilines is 1. The monoisotopic (exact) mass is 442 g/mol. The van der Waals surface area contributed by atoms with E-state index in [4.69, 9.17) is 9.97 Å². The van der Waals surface area contributed by atoms with Crippen molar-refractivity contribution in [2.75, 3.05) is 30.3 Å². The molecule has 4 rings (SSSR count). The minimum Gasteiger partial charge on any atom is -0.356 e. The van der Waals surface area contributed by atoms with Gasteiger partial charge < -0.3 is 10.2 Å². The molecule has 31 heavy (non-hydrogen) atoms. The molecule has 3 heterocycles. The number of hydrogen-bond donors (Lipinski definition) is 1. The number of aromatic nitrogens is 4. The van der Waals surface area contributed by atoms with Crippen LogP contribution in [0.4, 0.5) is 10.2 Å². The SMILES string of the molecule is CCCSc1nc(N2CCCC2)c2cnn(CCNC(=O)Cc3ccc(F)cc3)c2n1. The van der Waals surface area contributed by atoms with Gasteiger partial charge in [-0.2, -0.15) is 5.10 Å². The summed E-state index contributed by atoms with van der Waals surface area (Å²) in [6.45, 7) is 5.12. The molecule has 0 spiro atoms. The number of nitrogens with zero attached hydrogens (tertiary/aromatic N) is 5. The lowest BCUT2D eigenvalue weighted by Crippen LogP contribution is -2.29. The van der Waals surface area contributed by atoms with Gasteiger partial charge in [-0.3, -0.25) is 4.79 Å².